The van der Waals surface area contributed by atoms with Gasteiger partial charge in [-0.2, -0.15) is 0 Å². The van der Waals surface area contributed by atoms with Crippen LogP contribution in [0.4, 0.5) is 8.78 Å². The van der Waals surface area contributed by atoms with Crippen LogP contribution in [0.3, 0.4) is 0 Å². The van der Waals surface area contributed by atoms with Crippen molar-refractivity contribution in [2.45, 2.75) is 31.8 Å². The van der Waals surface area contributed by atoms with E-state index in [1.165, 1.54) is 12.1 Å². The Kier molecular flexibility index (Phi) is 5.50. The Morgan fingerprint density at radius 2 is 2.11 bits per heavy atom. The van der Waals surface area contributed by atoms with Crippen molar-refractivity contribution >= 4 is 12.4 Å². The average molecular weight is 277 g/mol. The molecule has 0 bridgehead atoms. The summed E-state index contributed by atoms with van der Waals surface area (Å²) in [4.78, 5) is 2.12. The predicted octanol–water partition coefficient (Wildman–Crippen LogP) is 2.87. The summed E-state index contributed by atoms with van der Waals surface area (Å²) in [5.41, 5.74) is 6.32. The van der Waals surface area contributed by atoms with Gasteiger partial charge < -0.3 is 5.73 Å². The summed E-state index contributed by atoms with van der Waals surface area (Å²) in [5.74, 6) is -0.743. The maximum atomic E-state index is 13.6. The second kappa shape index (κ2) is 6.45. The molecule has 0 aromatic heterocycles. The highest BCUT2D eigenvalue weighted by Gasteiger charge is 2.24. The highest BCUT2D eigenvalue weighted by molar-refractivity contribution is 5.85. The number of benzene rings is 1. The first-order valence-electron chi connectivity index (χ1n) is 6.02. The molecule has 1 aliphatic rings. The first-order valence-corrected chi connectivity index (χ1v) is 6.02. The monoisotopic (exact) mass is 276 g/mol. The summed E-state index contributed by atoms with van der Waals surface area (Å²) in [7, 11) is 0. The Morgan fingerprint density at radius 3 is 2.78 bits per heavy atom. The molecule has 2 unspecified atom stereocenters. The topological polar surface area (TPSA) is 29.3 Å². The number of likely N-dealkylation sites (tertiary alicyclic amines) is 1. The van der Waals surface area contributed by atoms with Gasteiger partial charge in [0.15, 0.2) is 0 Å². The zero-order valence-electron chi connectivity index (χ0n) is 10.4. The molecular formula is C13H19ClF2N2. The van der Waals surface area contributed by atoms with Crippen molar-refractivity contribution < 1.29 is 8.78 Å². The van der Waals surface area contributed by atoms with E-state index in [1.54, 1.807) is 0 Å². The molecule has 2 rings (SSSR count). The van der Waals surface area contributed by atoms with Crippen molar-refractivity contribution in [3.63, 3.8) is 0 Å². The highest BCUT2D eigenvalue weighted by atomic mass is 35.5. The van der Waals surface area contributed by atoms with E-state index >= 15 is 0 Å². The standard InChI is InChI=1S/C13H18F2N2.ClH/c1-9(17-6-2-3-11(16)8-17)12-7-10(14)4-5-13(12)15;/h4-5,7,9,11H,2-3,6,8,16H2,1H3;1H. The van der Waals surface area contributed by atoms with E-state index in [1.807, 2.05) is 6.92 Å². The Labute approximate surface area is 113 Å². The van der Waals surface area contributed by atoms with Gasteiger partial charge in [-0.1, -0.05) is 0 Å². The average Bonchev–Trinajstić information content (AvgIpc) is 2.31. The van der Waals surface area contributed by atoms with Gasteiger partial charge in [0.25, 0.3) is 0 Å². The molecular weight excluding hydrogens is 258 g/mol. The molecule has 1 fully saturated rings. The maximum Gasteiger partial charge on any atom is 0.128 e. The zero-order chi connectivity index (χ0) is 12.4. The summed E-state index contributed by atoms with van der Waals surface area (Å²) in [6, 6.07) is 3.62. The second-order valence-corrected chi connectivity index (χ2v) is 4.74. The molecule has 1 aliphatic heterocycles. The SMILES string of the molecule is CC(c1cc(F)ccc1F)N1CCCC(N)C1.Cl. The van der Waals surface area contributed by atoms with Gasteiger partial charge in [0.05, 0.1) is 0 Å². The maximum absolute atomic E-state index is 13.6. The number of rotatable bonds is 2. The molecule has 0 spiro atoms. The van der Waals surface area contributed by atoms with E-state index in [2.05, 4.69) is 4.90 Å². The fraction of sp³-hybridized carbons (Fsp3) is 0.538. The smallest absolute Gasteiger partial charge is 0.128 e. The molecule has 1 aromatic rings. The third-order valence-electron chi connectivity index (χ3n) is 3.45. The van der Waals surface area contributed by atoms with Crippen molar-refractivity contribution in [1.82, 2.24) is 4.90 Å². The van der Waals surface area contributed by atoms with Crippen molar-refractivity contribution in [3.05, 3.63) is 35.4 Å². The van der Waals surface area contributed by atoms with Crippen LogP contribution in [0.15, 0.2) is 18.2 Å². The highest BCUT2D eigenvalue weighted by Crippen LogP contribution is 2.26. The largest absolute Gasteiger partial charge is 0.327 e. The predicted molar refractivity (Wildman–Crippen MR) is 70.8 cm³/mol. The van der Waals surface area contributed by atoms with Crippen molar-refractivity contribution in [3.8, 4) is 0 Å². The number of hydrogen-bond donors (Lipinski definition) is 1. The molecule has 0 radical (unpaired) electrons. The number of nitrogens with zero attached hydrogens (tertiary/aromatic N) is 1. The van der Waals surface area contributed by atoms with Crippen LogP contribution in [-0.4, -0.2) is 24.0 Å². The molecule has 2 N–H and O–H groups in total. The molecule has 102 valence electrons. The van der Waals surface area contributed by atoms with Crippen LogP contribution in [-0.2, 0) is 0 Å². The lowest BCUT2D eigenvalue weighted by Gasteiger charge is -2.35. The lowest BCUT2D eigenvalue weighted by molar-refractivity contribution is 0.157. The quantitative estimate of drug-likeness (QED) is 0.900. The van der Waals surface area contributed by atoms with Crippen molar-refractivity contribution in [2.75, 3.05) is 13.1 Å². The van der Waals surface area contributed by atoms with Gasteiger partial charge >= 0.3 is 0 Å². The van der Waals surface area contributed by atoms with E-state index in [9.17, 15) is 8.78 Å². The fourth-order valence-corrected chi connectivity index (χ4v) is 2.42. The normalized spacial score (nSPS) is 22.3. The van der Waals surface area contributed by atoms with E-state index in [-0.39, 0.29) is 30.3 Å². The minimum Gasteiger partial charge on any atom is -0.327 e. The molecule has 18 heavy (non-hydrogen) atoms. The molecule has 0 aliphatic carbocycles. The minimum atomic E-state index is -0.394. The minimum absolute atomic E-state index is 0. The molecule has 2 atom stereocenters. The van der Waals surface area contributed by atoms with E-state index in [4.69, 9.17) is 5.73 Å². The first kappa shape index (κ1) is 15.3. The third-order valence-corrected chi connectivity index (χ3v) is 3.45. The van der Waals surface area contributed by atoms with E-state index in [0.29, 0.717) is 5.56 Å². The van der Waals surface area contributed by atoms with Crippen LogP contribution in [0.25, 0.3) is 0 Å². The van der Waals surface area contributed by atoms with Gasteiger partial charge in [0.2, 0.25) is 0 Å². The lowest BCUT2D eigenvalue weighted by Crippen LogP contribution is -2.43. The molecule has 0 saturated carbocycles. The van der Waals surface area contributed by atoms with Crippen LogP contribution in [0.2, 0.25) is 0 Å². The lowest BCUT2D eigenvalue weighted by atomic mass is 10.0. The summed E-state index contributed by atoms with van der Waals surface area (Å²) >= 11 is 0. The van der Waals surface area contributed by atoms with Crippen LogP contribution in [0.5, 0.6) is 0 Å². The van der Waals surface area contributed by atoms with E-state index in [0.717, 1.165) is 32.0 Å². The Bertz CT molecular complexity index is 401. The number of hydrogen-bond acceptors (Lipinski definition) is 2. The molecule has 1 aromatic carbocycles. The Hall–Kier alpha value is -0.710. The molecule has 1 saturated heterocycles. The Morgan fingerprint density at radius 1 is 1.39 bits per heavy atom. The number of halogens is 3. The summed E-state index contributed by atoms with van der Waals surface area (Å²) in [6.45, 7) is 3.54. The van der Waals surface area contributed by atoms with Gasteiger partial charge in [-0.25, -0.2) is 8.78 Å². The van der Waals surface area contributed by atoms with Gasteiger partial charge in [-0.15, -0.1) is 12.4 Å². The summed E-state index contributed by atoms with van der Waals surface area (Å²) in [5, 5.41) is 0. The van der Waals surface area contributed by atoms with Crippen molar-refractivity contribution in [2.24, 2.45) is 5.73 Å². The number of piperidine rings is 1. The number of nitrogens with two attached hydrogens (primary N) is 1. The third kappa shape index (κ3) is 3.40. The molecule has 0 amide bonds. The van der Waals surface area contributed by atoms with Crippen LogP contribution < -0.4 is 5.73 Å². The van der Waals surface area contributed by atoms with Gasteiger partial charge in [-0.05, 0) is 44.5 Å². The van der Waals surface area contributed by atoms with Crippen LogP contribution >= 0.6 is 12.4 Å². The van der Waals surface area contributed by atoms with Gasteiger partial charge in [-0.3, -0.25) is 4.90 Å². The van der Waals surface area contributed by atoms with Crippen LogP contribution in [0, 0.1) is 11.6 Å². The van der Waals surface area contributed by atoms with E-state index < -0.39 is 5.82 Å². The summed E-state index contributed by atoms with van der Waals surface area (Å²) in [6.07, 6.45) is 2.03. The van der Waals surface area contributed by atoms with Crippen LogP contribution in [0.1, 0.15) is 31.4 Å². The zero-order valence-corrected chi connectivity index (χ0v) is 11.2. The van der Waals surface area contributed by atoms with Crippen molar-refractivity contribution in [1.29, 1.82) is 0 Å². The summed E-state index contributed by atoms with van der Waals surface area (Å²) < 4.78 is 26.8. The Balaban J connectivity index is 0.00000162. The first-order chi connectivity index (χ1) is 8.08. The molecule has 5 heteroatoms. The fourth-order valence-electron chi connectivity index (χ4n) is 2.42. The molecule has 1 heterocycles. The van der Waals surface area contributed by atoms with Gasteiger partial charge in [0, 0.05) is 24.2 Å². The van der Waals surface area contributed by atoms with Gasteiger partial charge in [0.1, 0.15) is 11.6 Å². The second-order valence-electron chi connectivity index (χ2n) is 4.74. The molecule has 2 nitrogen and oxygen atoms in total.